The van der Waals surface area contributed by atoms with Gasteiger partial charge < -0.3 is 15.4 Å². The Bertz CT molecular complexity index is 1310. The predicted molar refractivity (Wildman–Crippen MR) is 125 cm³/mol. The molecule has 0 atom stereocenters. The van der Waals surface area contributed by atoms with E-state index in [0.29, 0.717) is 0 Å². The Morgan fingerprint density at radius 3 is 2.35 bits per heavy atom. The molecular formula is C23H23FN4O5S. The number of methoxy groups -OCH3 is 1. The second-order valence-corrected chi connectivity index (χ2v) is 9.14. The summed E-state index contributed by atoms with van der Waals surface area (Å²) < 4.78 is 46.9. The summed E-state index contributed by atoms with van der Waals surface area (Å²) in [7, 11) is -2.66. The fourth-order valence-corrected chi connectivity index (χ4v) is 4.45. The lowest BCUT2D eigenvalue weighted by molar-refractivity contribution is 0.101. The van der Waals surface area contributed by atoms with Gasteiger partial charge >= 0.3 is 0 Å². The van der Waals surface area contributed by atoms with Crippen LogP contribution in [0.15, 0.2) is 65.7 Å². The summed E-state index contributed by atoms with van der Waals surface area (Å²) in [6.45, 7) is 3.32. The van der Waals surface area contributed by atoms with Gasteiger partial charge in [0, 0.05) is 17.8 Å². The third-order valence-electron chi connectivity index (χ3n) is 4.48. The Hall–Kier alpha value is -3.83. The number of carbonyl (C=O) groups is 2. The Morgan fingerprint density at radius 1 is 0.971 bits per heavy atom. The molecule has 11 heteroatoms. The molecule has 0 fully saturated rings. The van der Waals surface area contributed by atoms with E-state index in [1.54, 1.807) is 26.0 Å². The van der Waals surface area contributed by atoms with Crippen molar-refractivity contribution in [3.05, 3.63) is 77.9 Å². The van der Waals surface area contributed by atoms with Gasteiger partial charge in [0.1, 0.15) is 22.2 Å². The predicted octanol–water partition coefficient (Wildman–Crippen LogP) is 3.42. The lowest BCUT2D eigenvalue weighted by Crippen LogP contribution is -2.30. The maximum absolute atomic E-state index is 13.9. The van der Waals surface area contributed by atoms with Gasteiger partial charge in [0.05, 0.1) is 18.5 Å². The normalized spacial score (nSPS) is 11.2. The summed E-state index contributed by atoms with van der Waals surface area (Å²) in [6.07, 6.45) is 1.45. The zero-order chi connectivity index (χ0) is 24.9. The van der Waals surface area contributed by atoms with Crippen molar-refractivity contribution in [2.24, 2.45) is 0 Å². The lowest BCUT2D eigenvalue weighted by Gasteiger charge is -2.15. The molecule has 3 rings (SSSR count). The molecule has 1 aromatic heterocycles. The summed E-state index contributed by atoms with van der Waals surface area (Å²) in [4.78, 5) is 29.1. The number of nitrogens with zero attached hydrogens (tertiary/aromatic N) is 1. The van der Waals surface area contributed by atoms with Crippen molar-refractivity contribution in [3.8, 4) is 5.75 Å². The number of nitrogens with one attached hydrogen (secondary N) is 3. The molecule has 0 aliphatic carbocycles. The third kappa shape index (κ3) is 5.94. The Labute approximate surface area is 196 Å². The molecule has 0 aliphatic rings. The topological polar surface area (TPSA) is 126 Å². The molecule has 0 radical (unpaired) electrons. The molecule has 0 unspecified atom stereocenters. The van der Waals surface area contributed by atoms with Crippen LogP contribution < -0.4 is 20.1 Å². The number of pyridine rings is 1. The lowest BCUT2D eigenvalue weighted by atomic mass is 10.2. The SMILES string of the molecule is COc1ccc(C(=O)Nc2cc(F)ccc2NC(=O)c2ccccn2)cc1S(=O)(=O)NC(C)C. The van der Waals surface area contributed by atoms with Crippen molar-refractivity contribution >= 4 is 33.2 Å². The van der Waals surface area contributed by atoms with Crippen LogP contribution in [0, 0.1) is 5.82 Å². The molecule has 0 aliphatic heterocycles. The van der Waals surface area contributed by atoms with Crippen LogP contribution in [0.2, 0.25) is 0 Å². The van der Waals surface area contributed by atoms with Crippen molar-refractivity contribution in [2.75, 3.05) is 17.7 Å². The molecule has 0 spiro atoms. The Kier molecular flexibility index (Phi) is 7.59. The molecule has 9 nitrogen and oxygen atoms in total. The van der Waals surface area contributed by atoms with E-state index < -0.39 is 27.7 Å². The fourth-order valence-electron chi connectivity index (χ4n) is 3.01. The van der Waals surface area contributed by atoms with E-state index >= 15 is 0 Å². The summed E-state index contributed by atoms with van der Waals surface area (Å²) in [5.74, 6) is -1.87. The van der Waals surface area contributed by atoms with E-state index in [2.05, 4.69) is 20.3 Å². The highest BCUT2D eigenvalue weighted by atomic mass is 32.2. The zero-order valence-corrected chi connectivity index (χ0v) is 19.4. The summed E-state index contributed by atoms with van der Waals surface area (Å²) in [5, 5.41) is 5.09. The van der Waals surface area contributed by atoms with Gasteiger partial charge in [-0.15, -0.1) is 0 Å². The Balaban J connectivity index is 1.91. The van der Waals surface area contributed by atoms with E-state index in [1.807, 2.05) is 0 Å². The van der Waals surface area contributed by atoms with Crippen LogP contribution in [-0.4, -0.2) is 38.4 Å². The minimum Gasteiger partial charge on any atom is -0.495 e. The van der Waals surface area contributed by atoms with E-state index in [9.17, 15) is 22.4 Å². The molecule has 3 aromatic rings. The molecule has 3 N–H and O–H groups in total. The average molecular weight is 487 g/mol. The van der Waals surface area contributed by atoms with Gasteiger partial charge in [-0.1, -0.05) is 6.07 Å². The third-order valence-corrected chi connectivity index (χ3v) is 6.16. The number of rotatable bonds is 8. The maximum Gasteiger partial charge on any atom is 0.274 e. The van der Waals surface area contributed by atoms with Crippen molar-refractivity contribution in [1.82, 2.24) is 9.71 Å². The zero-order valence-electron chi connectivity index (χ0n) is 18.6. The molecule has 2 aromatic carbocycles. The highest BCUT2D eigenvalue weighted by Crippen LogP contribution is 2.27. The van der Waals surface area contributed by atoms with Crippen LogP contribution in [0.3, 0.4) is 0 Å². The number of amides is 2. The van der Waals surface area contributed by atoms with Gasteiger partial charge in [0.15, 0.2) is 0 Å². The number of aromatic nitrogens is 1. The number of halogens is 1. The smallest absolute Gasteiger partial charge is 0.274 e. The van der Waals surface area contributed by atoms with Crippen LogP contribution in [0.25, 0.3) is 0 Å². The molecule has 178 valence electrons. The number of anilines is 2. The first-order chi connectivity index (χ1) is 16.1. The van der Waals surface area contributed by atoms with Crippen molar-refractivity contribution in [3.63, 3.8) is 0 Å². The van der Waals surface area contributed by atoms with Gasteiger partial charge in [-0.25, -0.2) is 17.5 Å². The fraction of sp³-hybridized carbons (Fsp3) is 0.174. The summed E-state index contributed by atoms with van der Waals surface area (Å²) in [5.41, 5.74) is 0.228. The maximum atomic E-state index is 13.9. The second kappa shape index (κ2) is 10.4. The molecule has 0 saturated carbocycles. The highest BCUT2D eigenvalue weighted by molar-refractivity contribution is 7.89. The summed E-state index contributed by atoms with van der Waals surface area (Å²) in [6, 6.07) is 11.7. The number of carbonyl (C=O) groups excluding carboxylic acids is 2. The van der Waals surface area contributed by atoms with Crippen molar-refractivity contribution in [2.45, 2.75) is 24.8 Å². The minimum absolute atomic E-state index is 0.0174. The van der Waals surface area contributed by atoms with Crippen LogP contribution in [0.1, 0.15) is 34.7 Å². The first kappa shape index (κ1) is 24.8. The molecular weight excluding hydrogens is 463 g/mol. The number of ether oxygens (including phenoxy) is 1. The van der Waals surface area contributed by atoms with Crippen LogP contribution in [-0.2, 0) is 10.0 Å². The van der Waals surface area contributed by atoms with Gasteiger partial charge in [-0.2, -0.15) is 0 Å². The number of benzene rings is 2. The molecule has 2 amide bonds. The van der Waals surface area contributed by atoms with Crippen LogP contribution in [0.5, 0.6) is 5.75 Å². The summed E-state index contributed by atoms with van der Waals surface area (Å²) >= 11 is 0. The van der Waals surface area contributed by atoms with E-state index in [0.717, 1.165) is 18.2 Å². The van der Waals surface area contributed by atoms with Crippen LogP contribution in [0.4, 0.5) is 15.8 Å². The van der Waals surface area contributed by atoms with E-state index in [1.165, 1.54) is 37.6 Å². The van der Waals surface area contributed by atoms with Gasteiger partial charge in [-0.05, 0) is 62.4 Å². The van der Waals surface area contributed by atoms with Gasteiger partial charge in [0.2, 0.25) is 10.0 Å². The molecule has 0 bridgehead atoms. The minimum atomic E-state index is -3.97. The first-order valence-corrected chi connectivity index (χ1v) is 11.6. The number of sulfonamides is 1. The quantitative estimate of drug-likeness (QED) is 0.448. The largest absolute Gasteiger partial charge is 0.495 e. The van der Waals surface area contributed by atoms with Crippen molar-refractivity contribution < 1.29 is 27.1 Å². The van der Waals surface area contributed by atoms with E-state index in [4.69, 9.17) is 4.74 Å². The number of hydrogen-bond acceptors (Lipinski definition) is 6. The standard InChI is InChI=1S/C23H23FN4O5S/c1-14(2)28-34(31,32)21-12-15(7-10-20(21)33-3)22(29)27-19-13-16(24)8-9-17(19)26-23(30)18-6-4-5-11-25-18/h4-14,28H,1-3H3,(H,26,30)(H,27,29). The second-order valence-electron chi connectivity index (χ2n) is 7.45. The van der Waals surface area contributed by atoms with E-state index in [-0.39, 0.29) is 39.3 Å². The molecule has 1 heterocycles. The first-order valence-electron chi connectivity index (χ1n) is 10.1. The van der Waals surface area contributed by atoms with Gasteiger partial charge in [-0.3, -0.25) is 14.6 Å². The molecule has 34 heavy (non-hydrogen) atoms. The molecule has 0 saturated heterocycles. The highest BCUT2D eigenvalue weighted by Gasteiger charge is 2.23. The average Bonchev–Trinajstić information content (AvgIpc) is 2.80. The monoisotopic (exact) mass is 486 g/mol. The number of hydrogen-bond donors (Lipinski definition) is 3. The van der Waals surface area contributed by atoms with Crippen LogP contribution >= 0.6 is 0 Å². The Morgan fingerprint density at radius 2 is 1.71 bits per heavy atom. The van der Waals surface area contributed by atoms with Gasteiger partial charge in [0.25, 0.3) is 11.8 Å². The van der Waals surface area contributed by atoms with Crippen molar-refractivity contribution in [1.29, 1.82) is 0 Å².